The summed E-state index contributed by atoms with van der Waals surface area (Å²) in [6.07, 6.45) is 5.76. The van der Waals surface area contributed by atoms with Crippen LogP contribution < -0.4 is 10.5 Å². The second-order valence-electron chi connectivity index (χ2n) is 5.44. The lowest BCUT2D eigenvalue weighted by Crippen LogP contribution is -2.33. The van der Waals surface area contributed by atoms with Gasteiger partial charge in [0.15, 0.2) is 6.61 Å². The van der Waals surface area contributed by atoms with Gasteiger partial charge in [-0.2, -0.15) is 0 Å². The van der Waals surface area contributed by atoms with Gasteiger partial charge in [-0.15, -0.1) is 0 Å². The van der Waals surface area contributed by atoms with Gasteiger partial charge in [-0.3, -0.25) is 9.52 Å². The third-order valence-electron chi connectivity index (χ3n) is 3.22. The monoisotopic (exact) mass is 300 g/mol. The normalized spacial score (nSPS) is 19.7. The predicted octanol–water partition coefficient (Wildman–Crippen LogP) is 1.53. The van der Waals surface area contributed by atoms with Crippen molar-refractivity contribution in [3.63, 3.8) is 0 Å². The fourth-order valence-corrected chi connectivity index (χ4v) is 1.94. The molecule has 1 aliphatic carbocycles. The zero-order valence-corrected chi connectivity index (χ0v) is 13.4. The summed E-state index contributed by atoms with van der Waals surface area (Å²) in [6, 6.07) is 0. The molecule has 0 aromatic carbocycles. The maximum atomic E-state index is 11.5. The minimum Gasteiger partial charge on any atom is -0.488 e. The molecule has 0 heterocycles. The SMILES string of the molecule is C/C(=C\C=C(/C)C1(N)CC1)OCC(=O)NS(=O)C(C)C. The molecule has 5 nitrogen and oxygen atoms in total. The Kier molecular flexibility index (Phi) is 5.95. The number of allylic oxidation sites excluding steroid dienone is 3. The fraction of sp³-hybridized carbons (Fsp3) is 0.643. The standard InChI is InChI=1S/C14H24N2O3S/c1-10(2)20(18)16-13(17)9-19-12(4)6-5-11(3)14(15)7-8-14/h5-6,10H,7-9,15H2,1-4H3,(H,16,17)/b11-5+,12-6+. The highest BCUT2D eigenvalue weighted by atomic mass is 32.2. The van der Waals surface area contributed by atoms with E-state index in [1.54, 1.807) is 26.8 Å². The summed E-state index contributed by atoms with van der Waals surface area (Å²) >= 11 is 0. The highest BCUT2D eigenvalue weighted by Gasteiger charge is 2.39. The second-order valence-corrected chi connectivity index (χ2v) is 7.18. The Morgan fingerprint density at radius 2 is 2.00 bits per heavy atom. The first-order chi connectivity index (χ1) is 9.24. The van der Waals surface area contributed by atoms with Crippen molar-refractivity contribution in [1.82, 2.24) is 4.72 Å². The average molecular weight is 300 g/mol. The quantitative estimate of drug-likeness (QED) is 0.552. The van der Waals surface area contributed by atoms with Gasteiger partial charge in [0.1, 0.15) is 11.0 Å². The van der Waals surface area contributed by atoms with Crippen LogP contribution in [0.25, 0.3) is 0 Å². The molecule has 0 saturated heterocycles. The number of rotatable bonds is 7. The van der Waals surface area contributed by atoms with Crippen LogP contribution >= 0.6 is 0 Å². The topological polar surface area (TPSA) is 81.4 Å². The lowest BCUT2D eigenvalue weighted by Gasteiger charge is -2.10. The highest BCUT2D eigenvalue weighted by molar-refractivity contribution is 7.84. The van der Waals surface area contributed by atoms with Gasteiger partial charge in [-0.1, -0.05) is 11.6 Å². The lowest BCUT2D eigenvalue weighted by molar-refractivity contribution is -0.122. The zero-order valence-electron chi connectivity index (χ0n) is 12.6. The minimum absolute atomic E-state index is 0.111. The largest absolute Gasteiger partial charge is 0.488 e. The van der Waals surface area contributed by atoms with Crippen LogP contribution in [0.3, 0.4) is 0 Å². The van der Waals surface area contributed by atoms with Crippen molar-refractivity contribution in [3.8, 4) is 0 Å². The van der Waals surface area contributed by atoms with E-state index < -0.39 is 11.0 Å². The van der Waals surface area contributed by atoms with Crippen LogP contribution in [0.5, 0.6) is 0 Å². The number of carbonyl (C=O) groups is 1. The maximum absolute atomic E-state index is 11.5. The van der Waals surface area contributed by atoms with E-state index in [1.807, 2.05) is 13.0 Å². The van der Waals surface area contributed by atoms with Crippen LogP contribution in [-0.4, -0.2) is 27.5 Å². The number of nitrogens with one attached hydrogen (secondary N) is 1. The molecule has 20 heavy (non-hydrogen) atoms. The molecule has 0 spiro atoms. The van der Waals surface area contributed by atoms with E-state index in [1.165, 1.54) is 0 Å². The van der Waals surface area contributed by atoms with Crippen LogP contribution in [-0.2, 0) is 20.5 Å². The van der Waals surface area contributed by atoms with Crippen LogP contribution in [0.15, 0.2) is 23.5 Å². The number of hydrogen-bond acceptors (Lipinski definition) is 4. The molecule has 0 radical (unpaired) electrons. The number of nitrogens with two attached hydrogens (primary N) is 1. The smallest absolute Gasteiger partial charge is 0.269 e. The molecule has 0 aromatic rings. The Bertz CT molecular complexity index is 451. The van der Waals surface area contributed by atoms with Gasteiger partial charge < -0.3 is 10.5 Å². The fourth-order valence-electron chi connectivity index (χ4n) is 1.42. The Morgan fingerprint density at radius 3 is 2.50 bits per heavy atom. The molecule has 1 amide bonds. The molecule has 0 bridgehead atoms. The molecule has 1 aliphatic rings. The van der Waals surface area contributed by atoms with Crippen molar-refractivity contribution < 1.29 is 13.7 Å². The van der Waals surface area contributed by atoms with E-state index >= 15 is 0 Å². The van der Waals surface area contributed by atoms with Gasteiger partial charge in [0.25, 0.3) is 5.91 Å². The number of amides is 1. The first kappa shape index (κ1) is 16.9. The molecule has 1 rings (SSSR count). The Morgan fingerprint density at radius 1 is 1.40 bits per heavy atom. The summed E-state index contributed by atoms with van der Waals surface area (Å²) in [5, 5.41) is -0.111. The van der Waals surface area contributed by atoms with Gasteiger partial charge in [-0.05, 0) is 46.6 Å². The lowest BCUT2D eigenvalue weighted by atomic mass is 10.1. The van der Waals surface area contributed by atoms with E-state index in [4.69, 9.17) is 10.5 Å². The second kappa shape index (κ2) is 7.04. The van der Waals surface area contributed by atoms with Crippen molar-refractivity contribution in [2.45, 2.75) is 51.3 Å². The summed E-state index contributed by atoms with van der Waals surface area (Å²) in [7, 11) is -1.36. The third kappa shape index (κ3) is 5.46. The summed E-state index contributed by atoms with van der Waals surface area (Å²) in [6.45, 7) is 7.18. The Hall–Kier alpha value is -1.14. The molecule has 0 aliphatic heterocycles. The van der Waals surface area contributed by atoms with Crippen molar-refractivity contribution in [2.24, 2.45) is 5.73 Å². The van der Waals surface area contributed by atoms with Gasteiger partial charge in [-0.25, -0.2) is 4.21 Å². The summed E-state index contributed by atoms with van der Waals surface area (Å²) in [4.78, 5) is 11.5. The van der Waals surface area contributed by atoms with E-state index in [-0.39, 0.29) is 23.3 Å². The number of carbonyl (C=O) groups excluding carboxylic acids is 1. The number of ether oxygens (including phenoxy) is 1. The van der Waals surface area contributed by atoms with E-state index in [9.17, 15) is 9.00 Å². The summed E-state index contributed by atoms with van der Waals surface area (Å²) in [5.74, 6) is 0.238. The van der Waals surface area contributed by atoms with Crippen LogP contribution in [0.4, 0.5) is 0 Å². The van der Waals surface area contributed by atoms with Crippen molar-refractivity contribution in [2.75, 3.05) is 6.61 Å². The molecule has 1 saturated carbocycles. The van der Waals surface area contributed by atoms with Gasteiger partial charge >= 0.3 is 0 Å². The van der Waals surface area contributed by atoms with Gasteiger partial charge in [0.05, 0.1) is 5.76 Å². The van der Waals surface area contributed by atoms with E-state index in [0.717, 1.165) is 18.4 Å². The molecule has 0 aromatic heterocycles. The predicted molar refractivity (Wildman–Crippen MR) is 81.0 cm³/mol. The zero-order chi connectivity index (χ0) is 15.3. The molecular weight excluding hydrogens is 276 g/mol. The van der Waals surface area contributed by atoms with E-state index in [2.05, 4.69) is 4.72 Å². The van der Waals surface area contributed by atoms with Crippen LogP contribution in [0, 0.1) is 0 Å². The molecule has 1 unspecified atom stereocenters. The Balaban J connectivity index is 2.37. The molecule has 114 valence electrons. The van der Waals surface area contributed by atoms with Crippen molar-refractivity contribution in [3.05, 3.63) is 23.5 Å². The van der Waals surface area contributed by atoms with Crippen molar-refractivity contribution >= 4 is 16.9 Å². The van der Waals surface area contributed by atoms with Crippen LogP contribution in [0.1, 0.15) is 40.5 Å². The molecule has 3 N–H and O–H groups in total. The van der Waals surface area contributed by atoms with Gasteiger partial charge in [0.2, 0.25) is 0 Å². The molecule has 1 fully saturated rings. The summed E-state index contributed by atoms with van der Waals surface area (Å²) < 4.78 is 19.1. The van der Waals surface area contributed by atoms with Gasteiger partial charge in [0, 0.05) is 10.8 Å². The third-order valence-corrected chi connectivity index (χ3v) is 4.50. The van der Waals surface area contributed by atoms with E-state index in [0.29, 0.717) is 5.76 Å². The molecule has 1 atom stereocenters. The van der Waals surface area contributed by atoms with Crippen molar-refractivity contribution in [1.29, 1.82) is 0 Å². The summed E-state index contributed by atoms with van der Waals surface area (Å²) in [5.41, 5.74) is 7.03. The highest BCUT2D eigenvalue weighted by Crippen LogP contribution is 2.38. The molecular formula is C14H24N2O3S. The molecule has 6 heteroatoms. The minimum atomic E-state index is -1.36. The maximum Gasteiger partial charge on any atom is 0.269 e. The first-order valence-corrected chi connectivity index (χ1v) is 7.93. The average Bonchev–Trinajstić information content (AvgIpc) is 3.12. The number of hydrogen-bond donors (Lipinski definition) is 2. The Labute approximate surface area is 123 Å². The van der Waals surface area contributed by atoms with Crippen LogP contribution in [0.2, 0.25) is 0 Å². The first-order valence-electron chi connectivity index (χ1n) is 6.72.